The van der Waals surface area contributed by atoms with E-state index in [1.807, 2.05) is 0 Å². The van der Waals surface area contributed by atoms with Gasteiger partial charge in [-0.25, -0.2) is 21.8 Å². The number of rotatable bonds is 5. The highest BCUT2D eigenvalue weighted by atomic mass is 35.5. The summed E-state index contributed by atoms with van der Waals surface area (Å²) in [7, 11) is -3.87. The predicted molar refractivity (Wildman–Crippen MR) is 117 cm³/mol. The van der Waals surface area contributed by atoms with Crippen LogP contribution in [0.5, 0.6) is 0 Å². The molecule has 0 saturated carbocycles. The Morgan fingerprint density at radius 2 is 1.81 bits per heavy atom. The van der Waals surface area contributed by atoms with Crippen LogP contribution in [-0.4, -0.2) is 94.0 Å². The molecule has 0 bridgehead atoms. The van der Waals surface area contributed by atoms with Gasteiger partial charge in [0.2, 0.25) is 10.0 Å². The Labute approximate surface area is 188 Å². The minimum Gasteiger partial charge on any atom is -0.373 e. The monoisotopic (exact) mass is 493 g/mol. The Morgan fingerprint density at radius 3 is 2.32 bits per heavy atom. The largest absolute Gasteiger partial charge is 0.373 e. The number of hydrazine groups is 1. The number of morpholine rings is 1. The van der Waals surface area contributed by atoms with Crippen molar-refractivity contribution in [2.45, 2.75) is 43.4 Å². The minimum absolute atomic E-state index is 0.0168. The molecule has 2 heterocycles. The molecule has 1 amide bonds. The zero-order valence-electron chi connectivity index (χ0n) is 18.0. The quantitative estimate of drug-likeness (QED) is 0.568. The maximum Gasteiger partial charge on any atom is 0.268 e. The Hall–Kier alpha value is -1.24. The average Bonchev–Trinajstić information content (AvgIpc) is 3.00. The zero-order chi connectivity index (χ0) is 23.1. The van der Waals surface area contributed by atoms with E-state index in [1.54, 1.807) is 27.9 Å². The second-order valence-electron chi connectivity index (χ2n) is 8.28. The van der Waals surface area contributed by atoms with E-state index in [-0.39, 0.29) is 52.3 Å². The summed E-state index contributed by atoms with van der Waals surface area (Å²) in [6.45, 7) is 3.96. The van der Waals surface area contributed by atoms with Crippen LogP contribution in [0.4, 0.5) is 0 Å². The van der Waals surface area contributed by atoms with Gasteiger partial charge in [-0.2, -0.15) is 4.31 Å². The predicted octanol–water partition coefficient (Wildman–Crippen LogP) is 1.24. The maximum atomic E-state index is 13.3. The SMILES string of the molecule is C[C@@H]1CN(S(=O)(=O)c2cc(C(=O)N([C@@H]3CCS(=O)(=O)C3)N(C)C)ccc2Cl)C[C@H](C)O1. The molecule has 0 unspecified atom stereocenters. The molecule has 31 heavy (non-hydrogen) atoms. The van der Waals surface area contributed by atoms with Crippen LogP contribution in [0, 0.1) is 0 Å². The van der Waals surface area contributed by atoms with Crippen molar-refractivity contribution >= 4 is 37.4 Å². The molecule has 0 aliphatic carbocycles. The standard InChI is InChI=1S/C19H28ClN3O6S2/c1-13-10-22(11-14(2)29-13)31(27,28)18-9-15(5-6-17(18)20)19(24)23(21(3)4)16-7-8-30(25,26)12-16/h5-6,9,13-14,16H,7-8,10-12H2,1-4H3/t13-,14+,16-/m1/s1. The van der Waals surface area contributed by atoms with Gasteiger partial charge < -0.3 is 4.74 Å². The number of ether oxygens (including phenoxy) is 1. The van der Waals surface area contributed by atoms with Crippen LogP contribution in [-0.2, 0) is 24.6 Å². The summed E-state index contributed by atoms with van der Waals surface area (Å²) in [6, 6.07) is 3.59. The van der Waals surface area contributed by atoms with Gasteiger partial charge in [-0.3, -0.25) is 9.80 Å². The van der Waals surface area contributed by atoms with Crippen molar-refractivity contribution in [3.8, 4) is 0 Å². The molecule has 3 atom stereocenters. The Kier molecular flexibility index (Phi) is 7.05. The summed E-state index contributed by atoms with van der Waals surface area (Å²) in [5, 5.41) is 2.91. The third kappa shape index (κ3) is 5.23. The number of hydrogen-bond acceptors (Lipinski definition) is 7. The molecule has 0 aromatic heterocycles. The van der Waals surface area contributed by atoms with E-state index in [0.717, 1.165) is 0 Å². The molecule has 174 valence electrons. The van der Waals surface area contributed by atoms with Gasteiger partial charge in [-0.15, -0.1) is 0 Å². The number of nitrogens with zero attached hydrogens (tertiary/aromatic N) is 3. The van der Waals surface area contributed by atoms with Crippen molar-refractivity contribution in [3.05, 3.63) is 28.8 Å². The normalized spacial score (nSPS) is 26.8. The number of sulfonamides is 1. The molecule has 1 aromatic carbocycles. The fourth-order valence-electron chi connectivity index (χ4n) is 4.07. The molecule has 3 rings (SSSR count). The van der Waals surface area contributed by atoms with Crippen molar-refractivity contribution in [2.24, 2.45) is 0 Å². The summed E-state index contributed by atoms with van der Waals surface area (Å²) in [6.07, 6.45) is -0.208. The number of carbonyl (C=O) groups is 1. The van der Waals surface area contributed by atoms with Gasteiger partial charge in [0.1, 0.15) is 4.90 Å². The molecule has 2 fully saturated rings. The van der Waals surface area contributed by atoms with Crippen molar-refractivity contribution < 1.29 is 26.4 Å². The highest BCUT2D eigenvalue weighted by molar-refractivity contribution is 7.91. The Bertz CT molecular complexity index is 1050. The smallest absolute Gasteiger partial charge is 0.268 e. The van der Waals surface area contributed by atoms with E-state index in [9.17, 15) is 21.6 Å². The van der Waals surface area contributed by atoms with Crippen LogP contribution >= 0.6 is 11.6 Å². The first-order valence-corrected chi connectivity index (χ1v) is 13.6. The molecule has 1 aromatic rings. The first kappa shape index (κ1) is 24.4. The van der Waals surface area contributed by atoms with E-state index in [2.05, 4.69) is 0 Å². The highest BCUT2D eigenvalue weighted by Crippen LogP contribution is 2.29. The first-order valence-electron chi connectivity index (χ1n) is 9.98. The van der Waals surface area contributed by atoms with E-state index >= 15 is 0 Å². The lowest BCUT2D eigenvalue weighted by Gasteiger charge is -2.35. The Morgan fingerprint density at radius 1 is 1.19 bits per heavy atom. The molecule has 9 nitrogen and oxygen atoms in total. The summed E-state index contributed by atoms with van der Waals surface area (Å²) in [5.41, 5.74) is 0.121. The van der Waals surface area contributed by atoms with E-state index < -0.39 is 31.8 Å². The molecular weight excluding hydrogens is 466 g/mol. The van der Waals surface area contributed by atoms with Crippen LogP contribution in [0.3, 0.4) is 0 Å². The number of carbonyl (C=O) groups excluding carboxylic acids is 1. The maximum absolute atomic E-state index is 13.3. The van der Waals surface area contributed by atoms with Crippen LogP contribution < -0.4 is 0 Å². The van der Waals surface area contributed by atoms with Gasteiger partial charge in [0, 0.05) is 32.7 Å². The number of amides is 1. The molecule has 2 aliphatic rings. The fourth-order valence-corrected chi connectivity index (χ4v) is 7.86. The van der Waals surface area contributed by atoms with Gasteiger partial charge >= 0.3 is 0 Å². The minimum atomic E-state index is -3.96. The fraction of sp³-hybridized carbons (Fsp3) is 0.632. The highest BCUT2D eigenvalue weighted by Gasteiger charge is 2.38. The average molecular weight is 494 g/mol. The number of hydrogen-bond donors (Lipinski definition) is 0. The van der Waals surface area contributed by atoms with Crippen LogP contribution in [0.1, 0.15) is 30.6 Å². The van der Waals surface area contributed by atoms with Gasteiger partial charge in [0.05, 0.1) is 34.8 Å². The topological polar surface area (TPSA) is 104 Å². The van der Waals surface area contributed by atoms with Crippen molar-refractivity contribution in [1.29, 1.82) is 0 Å². The van der Waals surface area contributed by atoms with E-state index in [4.69, 9.17) is 16.3 Å². The molecular formula is C19H28ClN3O6S2. The summed E-state index contributed by atoms with van der Waals surface area (Å²) < 4.78 is 57.3. The number of halogens is 1. The summed E-state index contributed by atoms with van der Waals surface area (Å²) in [5.74, 6) is -0.591. The lowest BCUT2D eigenvalue weighted by atomic mass is 10.1. The van der Waals surface area contributed by atoms with E-state index in [0.29, 0.717) is 6.42 Å². The van der Waals surface area contributed by atoms with Crippen LogP contribution in [0.25, 0.3) is 0 Å². The second-order valence-corrected chi connectivity index (χ2v) is 12.8. The number of benzene rings is 1. The molecule has 2 aliphatic heterocycles. The van der Waals surface area contributed by atoms with E-state index in [1.165, 1.54) is 32.5 Å². The van der Waals surface area contributed by atoms with Crippen molar-refractivity contribution in [1.82, 2.24) is 14.3 Å². The van der Waals surface area contributed by atoms with Crippen molar-refractivity contribution in [3.63, 3.8) is 0 Å². The second kappa shape index (κ2) is 8.95. The third-order valence-electron chi connectivity index (χ3n) is 5.38. The van der Waals surface area contributed by atoms with Gasteiger partial charge in [0.25, 0.3) is 5.91 Å². The van der Waals surface area contributed by atoms with Crippen LogP contribution in [0.15, 0.2) is 23.1 Å². The summed E-state index contributed by atoms with van der Waals surface area (Å²) in [4.78, 5) is 13.1. The lowest BCUT2D eigenvalue weighted by Crippen LogP contribution is -2.49. The molecule has 0 spiro atoms. The molecule has 0 radical (unpaired) electrons. The molecule has 0 N–H and O–H groups in total. The lowest BCUT2D eigenvalue weighted by molar-refractivity contribution is -0.0440. The van der Waals surface area contributed by atoms with Crippen molar-refractivity contribution in [2.75, 3.05) is 38.7 Å². The molecule has 12 heteroatoms. The first-order chi connectivity index (χ1) is 14.3. The van der Waals surface area contributed by atoms with Crippen LogP contribution in [0.2, 0.25) is 5.02 Å². The van der Waals surface area contributed by atoms with Gasteiger partial charge in [-0.05, 0) is 38.5 Å². The Balaban J connectivity index is 1.95. The third-order valence-corrected chi connectivity index (χ3v) is 9.44. The molecule has 2 saturated heterocycles. The number of sulfone groups is 1. The van der Waals surface area contributed by atoms with Gasteiger partial charge in [-0.1, -0.05) is 11.6 Å². The summed E-state index contributed by atoms with van der Waals surface area (Å²) >= 11 is 6.23. The van der Waals surface area contributed by atoms with Gasteiger partial charge in [0.15, 0.2) is 9.84 Å². The zero-order valence-corrected chi connectivity index (χ0v) is 20.4.